The van der Waals surface area contributed by atoms with E-state index in [-0.39, 0.29) is 30.3 Å². The van der Waals surface area contributed by atoms with E-state index < -0.39 is 0 Å². The van der Waals surface area contributed by atoms with Crippen LogP contribution in [0, 0.1) is 12.3 Å². The van der Waals surface area contributed by atoms with Gasteiger partial charge in [0.15, 0.2) is 11.8 Å². The minimum absolute atomic E-state index is 0. The van der Waals surface area contributed by atoms with Crippen LogP contribution in [-0.2, 0) is 4.74 Å². The van der Waals surface area contributed by atoms with Crippen molar-refractivity contribution < 1.29 is 9.53 Å². The quantitative estimate of drug-likeness (QED) is 0.266. The summed E-state index contributed by atoms with van der Waals surface area (Å²) in [6, 6.07) is 10.7. The van der Waals surface area contributed by atoms with E-state index in [1.165, 1.54) is 0 Å². The van der Waals surface area contributed by atoms with Gasteiger partial charge in [0, 0.05) is 12.4 Å². The van der Waals surface area contributed by atoms with E-state index in [1.807, 2.05) is 18.2 Å². The Hall–Kier alpha value is -3.86. The number of hydrogen-bond donors (Lipinski definition) is 4. The maximum absolute atomic E-state index is 11.0. The molecule has 0 fully saturated rings. The topological polar surface area (TPSA) is 193 Å². The van der Waals surface area contributed by atoms with Crippen LogP contribution in [0.4, 0.5) is 5.95 Å². The summed E-state index contributed by atoms with van der Waals surface area (Å²) in [5.41, 5.74) is 15.5. The van der Waals surface area contributed by atoms with Crippen LogP contribution in [0.3, 0.4) is 0 Å². The number of rotatable bonds is 3. The van der Waals surface area contributed by atoms with Crippen LogP contribution in [0.25, 0.3) is 11.5 Å². The zero-order valence-electron chi connectivity index (χ0n) is 16.5. The van der Waals surface area contributed by atoms with Crippen LogP contribution in [0.5, 0.6) is 0 Å². The van der Waals surface area contributed by atoms with E-state index in [9.17, 15) is 4.79 Å². The molecule has 3 aromatic heterocycles. The smallest absolute Gasteiger partial charge is 0.356 e. The second-order valence-corrected chi connectivity index (χ2v) is 5.17. The van der Waals surface area contributed by atoms with Gasteiger partial charge in [-0.25, -0.2) is 14.8 Å². The van der Waals surface area contributed by atoms with Crippen molar-refractivity contribution >= 4 is 30.3 Å². The molecule has 0 unspecified atom stereocenters. The van der Waals surface area contributed by atoms with Gasteiger partial charge in [0.2, 0.25) is 5.95 Å². The van der Waals surface area contributed by atoms with Crippen molar-refractivity contribution in [1.82, 2.24) is 24.9 Å². The van der Waals surface area contributed by atoms with Crippen LogP contribution < -0.4 is 17.2 Å². The number of nitrogens with two attached hydrogens (primary N) is 3. The Morgan fingerprint density at radius 1 is 1.03 bits per heavy atom. The monoisotopic (exact) mass is 433 g/mol. The molecule has 12 heteroatoms. The zero-order chi connectivity index (χ0) is 21.6. The normalized spacial score (nSPS) is 8.87. The highest BCUT2D eigenvalue weighted by Crippen LogP contribution is 2.10. The number of nitrogens with one attached hydrogen (secondary N) is 1. The number of hydrogen-bond acceptors (Lipinski definition) is 9. The summed E-state index contributed by atoms with van der Waals surface area (Å²) >= 11 is 0. The lowest BCUT2D eigenvalue weighted by molar-refractivity contribution is 0.0519. The Labute approximate surface area is 180 Å². The lowest BCUT2D eigenvalue weighted by Crippen LogP contribution is -2.20. The van der Waals surface area contributed by atoms with E-state index in [2.05, 4.69) is 36.4 Å². The van der Waals surface area contributed by atoms with Crippen molar-refractivity contribution in [2.45, 2.75) is 13.8 Å². The van der Waals surface area contributed by atoms with Gasteiger partial charge in [0.1, 0.15) is 17.2 Å². The molecule has 3 heterocycles. The summed E-state index contributed by atoms with van der Waals surface area (Å²) in [6.45, 7) is 3.92. The second kappa shape index (κ2) is 14.2. The van der Waals surface area contributed by atoms with Crippen molar-refractivity contribution in [3.63, 3.8) is 0 Å². The molecule has 0 radical (unpaired) electrons. The minimum Gasteiger partial charge on any atom is -0.461 e. The standard InChI is InChI=1S/C9H9N5.C8H9NO2.CH5N3.ClH/c1-6-12-8(14-9(10)13-6)7-4-2-3-5-11-7;1-2-11-8(10)7-5-3-4-6-9-7;2-1(3)4;/h2-5H,1H3,(H2,10,12,13,14);3-6H,2H2,1H3;(H5,2,3,4);1H. The van der Waals surface area contributed by atoms with Gasteiger partial charge in [0.05, 0.1) is 6.61 Å². The molecule has 0 aliphatic carbocycles. The molecule has 0 aromatic carbocycles. The molecule has 0 amide bonds. The molecule has 0 aliphatic heterocycles. The van der Waals surface area contributed by atoms with E-state index >= 15 is 0 Å². The highest BCUT2D eigenvalue weighted by atomic mass is 35.5. The molecule has 7 N–H and O–H groups in total. The number of nitrogen functional groups attached to an aromatic ring is 1. The second-order valence-electron chi connectivity index (χ2n) is 5.17. The van der Waals surface area contributed by atoms with E-state index in [4.69, 9.17) is 15.9 Å². The molecule has 3 aromatic rings. The number of ether oxygens (including phenoxy) is 1. The number of halogens is 1. The molecule has 160 valence electrons. The van der Waals surface area contributed by atoms with Crippen molar-refractivity contribution in [1.29, 1.82) is 5.41 Å². The first-order valence-electron chi connectivity index (χ1n) is 8.40. The molecule has 0 saturated heterocycles. The van der Waals surface area contributed by atoms with Gasteiger partial charge in [-0.2, -0.15) is 9.97 Å². The van der Waals surface area contributed by atoms with Crippen LogP contribution in [0.1, 0.15) is 23.2 Å². The molecule has 11 nitrogen and oxygen atoms in total. The Morgan fingerprint density at radius 3 is 2.10 bits per heavy atom. The Kier molecular flexibility index (Phi) is 12.4. The van der Waals surface area contributed by atoms with Gasteiger partial charge >= 0.3 is 5.97 Å². The molecule has 3 rings (SSSR count). The summed E-state index contributed by atoms with van der Waals surface area (Å²) in [6.07, 6.45) is 3.25. The number of anilines is 1. The average molecular weight is 434 g/mol. The number of pyridine rings is 2. The first kappa shape index (κ1) is 26.1. The van der Waals surface area contributed by atoms with Crippen LogP contribution in [0.2, 0.25) is 0 Å². The SMILES string of the molecule is CCOC(=O)c1ccccn1.Cc1nc(N)nc(-c2ccccn2)n1.Cl.N=C(N)N. The molecule has 0 bridgehead atoms. The minimum atomic E-state index is -0.367. The lowest BCUT2D eigenvalue weighted by Gasteiger charge is -2.00. The zero-order valence-corrected chi connectivity index (χ0v) is 17.3. The largest absolute Gasteiger partial charge is 0.461 e. The van der Waals surface area contributed by atoms with E-state index in [1.54, 1.807) is 44.4 Å². The molecule has 30 heavy (non-hydrogen) atoms. The maximum Gasteiger partial charge on any atom is 0.356 e. The molecule has 0 aliphatic rings. The van der Waals surface area contributed by atoms with Crippen LogP contribution >= 0.6 is 12.4 Å². The maximum atomic E-state index is 11.0. The fourth-order valence-corrected chi connectivity index (χ4v) is 1.80. The Balaban J connectivity index is 0.000000473. The number of guanidine groups is 1. The Bertz CT molecular complexity index is 888. The number of carbonyl (C=O) groups is 1. The third-order valence-electron chi connectivity index (χ3n) is 2.81. The highest BCUT2D eigenvalue weighted by molar-refractivity contribution is 5.87. The summed E-state index contributed by atoms with van der Waals surface area (Å²) in [5.74, 6) is 0.625. The third-order valence-corrected chi connectivity index (χ3v) is 2.81. The fraction of sp³-hybridized carbons (Fsp3) is 0.167. The van der Waals surface area contributed by atoms with Crippen LogP contribution in [-0.4, -0.2) is 43.5 Å². The fourth-order valence-electron chi connectivity index (χ4n) is 1.80. The number of aryl methyl sites for hydroxylation is 1. The van der Waals surface area contributed by atoms with Gasteiger partial charge in [-0.1, -0.05) is 12.1 Å². The third kappa shape index (κ3) is 10.5. The number of carbonyl (C=O) groups excluding carboxylic acids is 1. The first-order chi connectivity index (χ1) is 13.8. The molecule has 0 atom stereocenters. The number of aromatic nitrogens is 5. The first-order valence-corrected chi connectivity index (χ1v) is 8.40. The molecular formula is C18H24ClN9O2. The van der Waals surface area contributed by atoms with Gasteiger partial charge in [-0.05, 0) is 38.1 Å². The van der Waals surface area contributed by atoms with Crippen molar-refractivity contribution in [2.24, 2.45) is 11.5 Å². The summed E-state index contributed by atoms with van der Waals surface area (Å²) in [4.78, 5) is 30.9. The summed E-state index contributed by atoms with van der Waals surface area (Å²) in [7, 11) is 0. The van der Waals surface area contributed by atoms with Gasteiger partial charge in [-0.3, -0.25) is 10.4 Å². The molecular weight excluding hydrogens is 410 g/mol. The highest BCUT2D eigenvalue weighted by Gasteiger charge is 2.05. The molecule has 0 saturated carbocycles. The predicted octanol–water partition coefficient (Wildman–Crippen LogP) is 1.34. The van der Waals surface area contributed by atoms with Gasteiger partial charge < -0.3 is 21.9 Å². The average Bonchev–Trinajstić information content (AvgIpc) is 2.69. The lowest BCUT2D eigenvalue weighted by atomic mass is 10.3. The van der Waals surface area contributed by atoms with Gasteiger partial charge in [-0.15, -0.1) is 12.4 Å². The van der Waals surface area contributed by atoms with E-state index in [0.717, 1.165) is 0 Å². The van der Waals surface area contributed by atoms with Gasteiger partial charge in [0.25, 0.3) is 0 Å². The van der Waals surface area contributed by atoms with Crippen molar-refractivity contribution in [2.75, 3.05) is 12.3 Å². The van der Waals surface area contributed by atoms with Crippen molar-refractivity contribution in [3.05, 3.63) is 60.3 Å². The summed E-state index contributed by atoms with van der Waals surface area (Å²) in [5, 5.41) is 6.06. The number of esters is 1. The van der Waals surface area contributed by atoms with E-state index in [0.29, 0.717) is 29.6 Å². The Morgan fingerprint density at radius 2 is 1.63 bits per heavy atom. The number of nitrogens with zero attached hydrogens (tertiary/aromatic N) is 5. The predicted molar refractivity (Wildman–Crippen MR) is 116 cm³/mol. The van der Waals surface area contributed by atoms with Crippen molar-refractivity contribution in [3.8, 4) is 11.5 Å². The molecule has 0 spiro atoms. The van der Waals surface area contributed by atoms with Crippen LogP contribution in [0.15, 0.2) is 48.8 Å². The summed E-state index contributed by atoms with van der Waals surface area (Å²) < 4.78 is 4.73.